The first kappa shape index (κ1) is 15.5. The van der Waals surface area contributed by atoms with E-state index in [9.17, 15) is 4.79 Å². The summed E-state index contributed by atoms with van der Waals surface area (Å²) in [4.78, 5) is 21.9. The van der Waals surface area contributed by atoms with E-state index in [1.54, 1.807) is 24.0 Å². The average molecular weight is 329 g/mol. The van der Waals surface area contributed by atoms with Crippen LogP contribution in [-0.2, 0) is 13.5 Å². The van der Waals surface area contributed by atoms with E-state index in [2.05, 4.69) is 29.3 Å². The third-order valence-electron chi connectivity index (χ3n) is 4.88. The molecule has 0 radical (unpaired) electrons. The largest absolute Gasteiger partial charge is 0.300 e. The quantitative estimate of drug-likeness (QED) is 0.723. The van der Waals surface area contributed by atoms with Crippen molar-refractivity contribution in [2.45, 2.75) is 19.3 Å². The van der Waals surface area contributed by atoms with E-state index in [4.69, 9.17) is 4.98 Å². The van der Waals surface area contributed by atoms with Gasteiger partial charge in [-0.05, 0) is 36.6 Å². The number of fused-ring (bicyclic) bond motifs is 1. The lowest BCUT2D eigenvalue weighted by molar-refractivity contribution is 0.723. The third kappa shape index (κ3) is 2.70. The Balaban J connectivity index is 1.91. The summed E-state index contributed by atoms with van der Waals surface area (Å²) in [6.45, 7) is 1.86. The zero-order chi connectivity index (χ0) is 17.4. The monoisotopic (exact) mass is 329 g/mol. The Morgan fingerprint density at radius 2 is 1.88 bits per heavy atom. The number of aryl methyl sites for hydroxylation is 1. The van der Waals surface area contributed by atoms with Gasteiger partial charge in [-0.1, -0.05) is 36.4 Å². The van der Waals surface area contributed by atoms with Crippen molar-refractivity contribution in [1.29, 1.82) is 0 Å². The van der Waals surface area contributed by atoms with Crippen LogP contribution in [0.1, 0.15) is 28.4 Å². The number of pyridine rings is 1. The maximum Gasteiger partial charge on any atom is 0.257 e. The number of allylic oxidation sites excluding steroid dienone is 1. The van der Waals surface area contributed by atoms with E-state index in [1.807, 2.05) is 31.2 Å². The fourth-order valence-electron chi connectivity index (χ4n) is 3.40. The first-order valence-corrected chi connectivity index (χ1v) is 8.39. The first-order valence-electron chi connectivity index (χ1n) is 8.39. The Hall–Kier alpha value is -3.01. The summed E-state index contributed by atoms with van der Waals surface area (Å²) in [7, 11) is 1.78. The summed E-state index contributed by atoms with van der Waals surface area (Å²) in [5, 5.41) is 0. The highest BCUT2D eigenvalue weighted by atomic mass is 16.1. The van der Waals surface area contributed by atoms with Gasteiger partial charge in [0.05, 0.1) is 11.3 Å². The van der Waals surface area contributed by atoms with Gasteiger partial charge < -0.3 is 0 Å². The summed E-state index contributed by atoms with van der Waals surface area (Å²) in [6, 6.07) is 12.1. The molecule has 3 aromatic rings. The highest BCUT2D eigenvalue weighted by molar-refractivity contribution is 5.66. The van der Waals surface area contributed by atoms with Crippen LogP contribution in [0.2, 0.25) is 0 Å². The maximum atomic E-state index is 13.1. The number of aromatic nitrogens is 3. The van der Waals surface area contributed by atoms with Gasteiger partial charge >= 0.3 is 0 Å². The van der Waals surface area contributed by atoms with Crippen molar-refractivity contribution in [3.8, 4) is 11.3 Å². The first-order chi connectivity index (χ1) is 12.1. The molecule has 0 N–H and O–H groups in total. The Labute approximate surface area is 146 Å². The molecule has 4 nitrogen and oxygen atoms in total. The van der Waals surface area contributed by atoms with Gasteiger partial charge in [-0.2, -0.15) is 0 Å². The minimum absolute atomic E-state index is 0.0184. The van der Waals surface area contributed by atoms with Crippen molar-refractivity contribution >= 4 is 6.08 Å². The molecule has 0 bridgehead atoms. The van der Waals surface area contributed by atoms with Crippen molar-refractivity contribution < 1.29 is 0 Å². The Morgan fingerprint density at radius 3 is 2.68 bits per heavy atom. The second kappa shape index (κ2) is 6.13. The average Bonchev–Trinajstić information content (AvgIpc) is 2.66. The molecule has 1 aliphatic rings. The highest BCUT2D eigenvalue weighted by Gasteiger charge is 2.24. The molecule has 1 aliphatic carbocycles. The normalized spacial score (nSPS) is 15.8. The van der Waals surface area contributed by atoms with Crippen LogP contribution in [0.5, 0.6) is 0 Å². The summed E-state index contributed by atoms with van der Waals surface area (Å²) in [5.41, 5.74) is 4.95. The molecule has 2 aromatic heterocycles. The van der Waals surface area contributed by atoms with Gasteiger partial charge in [0, 0.05) is 30.9 Å². The number of nitrogens with zero attached hydrogens (tertiary/aromatic N) is 3. The van der Waals surface area contributed by atoms with Gasteiger partial charge in [0.25, 0.3) is 5.56 Å². The molecule has 0 aliphatic heterocycles. The molecule has 124 valence electrons. The lowest BCUT2D eigenvalue weighted by Crippen LogP contribution is -2.28. The van der Waals surface area contributed by atoms with Gasteiger partial charge in [0.1, 0.15) is 5.82 Å². The highest BCUT2D eigenvalue weighted by Crippen LogP contribution is 2.33. The number of hydrogen-bond donors (Lipinski definition) is 0. The summed E-state index contributed by atoms with van der Waals surface area (Å²) in [6.07, 6.45) is 8.52. The molecule has 1 atom stereocenters. The minimum Gasteiger partial charge on any atom is -0.300 e. The second-order valence-electron chi connectivity index (χ2n) is 6.39. The Kier molecular flexibility index (Phi) is 3.80. The van der Waals surface area contributed by atoms with Crippen LogP contribution in [0.25, 0.3) is 17.3 Å². The Bertz CT molecular complexity index is 1020. The van der Waals surface area contributed by atoms with E-state index < -0.39 is 0 Å². The fourth-order valence-corrected chi connectivity index (χ4v) is 3.40. The SMILES string of the molecule is Cc1nc(-c2ccncc2)c(C2C=Cc3ccccc3C2)c(=O)n1C. The molecule has 4 heteroatoms. The van der Waals surface area contributed by atoms with Crippen LogP contribution in [0.4, 0.5) is 0 Å². The lowest BCUT2D eigenvalue weighted by Gasteiger charge is -2.22. The Morgan fingerprint density at radius 1 is 1.12 bits per heavy atom. The molecule has 0 spiro atoms. The molecule has 2 heterocycles. The van der Waals surface area contributed by atoms with Crippen LogP contribution in [0.15, 0.2) is 59.7 Å². The standard InChI is InChI=1S/C21H19N3O/c1-14-23-20(16-9-11-22-12-10-16)19(21(25)24(14)2)18-8-7-15-5-3-4-6-17(15)13-18/h3-12,18H,13H2,1-2H3. The smallest absolute Gasteiger partial charge is 0.257 e. The van der Waals surface area contributed by atoms with Crippen molar-refractivity contribution in [2.24, 2.45) is 7.05 Å². The van der Waals surface area contributed by atoms with Crippen LogP contribution in [0, 0.1) is 6.92 Å². The van der Waals surface area contributed by atoms with Crippen LogP contribution in [0.3, 0.4) is 0 Å². The van der Waals surface area contributed by atoms with Gasteiger partial charge in [-0.3, -0.25) is 14.3 Å². The number of hydrogen-bond acceptors (Lipinski definition) is 3. The van der Waals surface area contributed by atoms with Crippen LogP contribution in [-0.4, -0.2) is 14.5 Å². The zero-order valence-corrected chi connectivity index (χ0v) is 14.3. The molecule has 25 heavy (non-hydrogen) atoms. The second-order valence-corrected chi connectivity index (χ2v) is 6.39. The van der Waals surface area contributed by atoms with Crippen molar-refractivity contribution in [2.75, 3.05) is 0 Å². The molecular formula is C21H19N3O. The summed E-state index contributed by atoms with van der Waals surface area (Å²) in [5.74, 6) is 0.727. The van der Waals surface area contributed by atoms with E-state index in [0.717, 1.165) is 23.2 Å². The van der Waals surface area contributed by atoms with E-state index in [1.165, 1.54) is 11.1 Å². The minimum atomic E-state index is 0.0184. The van der Waals surface area contributed by atoms with Crippen molar-refractivity contribution in [3.05, 3.63) is 87.7 Å². The molecule has 0 fully saturated rings. The predicted molar refractivity (Wildman–Crippen MR) is 99.4 cm³/mol. The fraction of sp³-hybridized carbons (Fsp3) is 0.190. The topological polar surface area (TPSA) is 47.8 Å². The third-order valence-corrected chi connectivity index (χ3v) is 4.88. The van der Waals surface area contributed by atoms with E-state index in [-0.39, 0.29) is 11.5 Å². The number of benzene rings is 1. The lowest BCUT2D eigenvalue weighted by atomic mass is 9.84. The van der Waals surface area contributed by atoms with Gasteiger partial charge in [0.2, 0.25) is 0 Å². The summed E-state index contributed by atoms with van der Waals surface area (Å²) < 4.78 is 1.63. The van der Waals surface area contributed by atoms with Crippen LogP contribution >= 0.6 is 0 Å². The molecule has 0 amide bonds. The molecule has 1 unspecified atom stereocenters. The van der Waals surface area contributed by atoms with Crippen molar-refractivity contribution in [3.63, 3.8) is 0 Å². The number of rotatable bonds is 2. The molecule has 1 aromatic carbocycles. The van der Waals surface area contributed by atoms with E-state index in [0.29, 0.717) is 5.82 Å². The van der Waals surface area contributed by atoms with E-state index >= 15 is 0 Å². The van der Waals surface area contributed by atoms with Crippen molar-refractivity contribution in [1.82, 2.24) is 14.5 Å². The maximum absolute atomic E-state index is 13.1. The van der Waals surface area contributed by atoms with Gasteiger partial charge in [-0.25, -0.2) is 4.98 Å². The summed E-state index contributed by atoms with van der Waals surface area (Å²) >= 11 is 0. The van der Waals surface area contributed by atoms with Crippen LogP contribution < -0.4 is 5.56 Å². The molecule has 0 saturated heterocycles. The van der Waals surface area contributed by atoms with Gasteiger partial charge in [0.15, 0.2) is 0 Å². The predicted octanol–water partition coefficient (Wildman–Crippen LogP) is 3.50. The molecule has 0 saturated carbocycles. The molecular weight excluding hydrogens is 310 g/mol. The zero-order valence-electron chi connectivity index (χ0n) is 14.3. The molecule has 4 rings (SSSR count). The van der Waals surface area contributed by atoms with Gasteiger partial charge in [-0.15, -0.1) is 0 Å².